The topological polar surface area (TPSA) is 75.7 Å². The van der Waals surface area contributed by atoms with Crippen LogP contribution in [0.4, 0.5) is 10.5 Å². The molecule has 1 aliphatic heterocycles. The van der Waals surface area contributed by atoms with E-state index in [-0.39, 0.29) is 15.6 Å². The number of benzene rings is 2. The van der Waals surface area contributed by atoms with Crippen LogP contribution < -0.4 is 15.0 Å². The van der Waals surface area contributed by atoms with E-state index in [1.54, 1.807) is 19.1 Å². The molecule has 1 N–H and O–H groups in total. The van der Waals surface area contributed by atoms with E-state index in [1.165, 1.54) is 18.2 Å². The van der Waals surface area contributed by atoms with Crippen LogP contribution >= 0.6 is 23.2 Å². The molecular formula is C21H18Cl2N2O4. The molecule has 1 fully saturated rings. The fourth-order valence-electron chi connectivity index (χ4n) is 2.88. The van der Waals surface area contributed by atoms with Gasteiger partial charge in [-0.25, -0.2) is 9.69 Å². The molecule has 1 saturated heterocycles. The van der Waals surface area contributed by atoms with Crippen LogP contribution in [0.2, 0.25) is 10.0 Å². The first-order chi connectivity index (χ1) is 13.8. The molecule has 1 aliphatic rings. The third kappa shape index (κ3) is 4.28. The second-order valence-electron chi connectivity index (χ2n) is 6.22. The van der Waals surface area contributed by atoms with Crippen LogP contribution in [0.1, 0.15) is 25.0 Å². The van der Waals surface area contributed by atoms with E-state index < -0.39 is 17.8 Å². The lowest BCUT2D eigenvalue weighted by molar-refractivity contribution is -0.122. The summed E-state index contributed by atoms with van der Waals surface area (Å²) in [7, 11) is 0. The number of aryl methyl sites for hydroxylation is 1. The van der Waals surface area contributed by atoms with Crippen molar-refractivity contribution in [2.75, 3.05) is 11.5 Å². The number of amides is 4. The zero-order chi connectivity index (χ0) is 21.1. The lowest BCUT2D eigenvalue weighted by Crippen LogP contribution is -2.54. The summed E-state index contributed by atoms with van der Waals surface area (Å²) in [5.41, 5.74) is 1.65. The molecule has 8 heteroatoms. The summed E-state index contributed by atoms with van der Waals surface area (Å²) in [5.74, 6) is -1.20. The smallest absolute Gasteiger partial charge is 0.335 e. The number of ether oxygens (including phenoxy) is 1. The molecule has 0 aromatic heterocycles. The van der Waals surface area contributed by atoms with Crippen molar-refractivity contribution in [3.63, 3.8) is 0 Å². The Hall–Kier alpha value is -2.83. The zero-order valence-corrected chi connectivity index (χ0v) is 17.3. The summed E-state index contributed by atoms with van der Waals surface area (Å²) in [4.78, 5) is 38.4. The first-order valence-electron chi connectivity index (χ1n) is 8.98. The van der Waals surface area contributed by atoms with Crippen LogP contribution in [0, 0.1) is 0 Å². The predicted molar refractivity (Wildman–Crippen MR) is 112 cm³/mol. The molecule has 0 saturated carbocycles. The number of rotatable bonds is 5. The average molecular weight is 433 g/mol. The van der Waals surface area contributed by atoms with E-state index in [0.29, 0.717) is 23.6 Å². The predicted octanol–water partition coefficient (Wildman–Crippen LogP) is 4.62. The van der Waals surface area contributed by atoms with Crippen molar-refractivity contribution < 1.29 is 19.1 Å². The number of hydrogen-bond acceptors (Lipinski definition) is 4. The molecule has 0 radical (unpaired) electrons. The lowest BCUT2D eigenvalue weighted by Gasteiger charge is -2.26. The Morgan fingerprint density at radius 3 is 2.21 bits per heavy atom. The molecule has 0 aliphatic carbocycles. The van der Waals surface area contributed by atoms with Crippen molar-refractivity contribution in [1.82, 2.24) is 5.32 Å². The van der Waals surface area contributed by atoms with E-state index in [4.69, 9.17) is 27.9 Å². The molecule has 0 unspecified atom stereocenters. The number of urea groups is 1. The Bertz CT molecular complexity index is 993. The number of nitrogens with one attached hydrogen (secondary N) is 1. The molecule has 0 atom stereocenters. The number of halogens is 2. The Kier molecular flexibility index (Phi) is 6.25. The molecule has 150 valence electrons. The van der Waals surface area contributed by atoms with Gasteiger partial charge in [0.15, 0.2) is 5.75 Å². The van der Waals surface area contributed by atoms with Gasteiger partial charge in [0.2, 0.25) is 0 Å². The summed E-state index contributed by atoms with van der Waals surface area (Å²) in [6.07, 6.45) is 2.16. The molecule has 3 rings (SSSR count). The standard InChI is InChI=1S/C21H18Cl2N2O4/c1-3-12-5-7-14(8-6-12)25-20(27)15(19(26)24-21(25)28)9-13-10-16(22)18(29-4-2)17(23)11-13/h5-11H,3-4H2,1-2H3,(H,24,26,28)/b15-9-. The van der Waals surface area contributed by atoms with E-state index >= 15 is 0 Å². The highest BCUT2D eigenvalue weighted by Crippen LogP contribution is 2.35. The van der Waals surface area contributed by atoms with Gasteiger partial charge in [-0.2, -0.15) is 0 Å². The van der Waals surface area contributed by atoms with Crippen LogP contribution in [0.25, 0.3) is 6.08 Å². The molecule has 29 heavy (non-hydrogen) atoms. The van der Waals surface area contributed by atoms with Crippen molar-refractivity contribution in [2.45, 2.75) is 20.3 Å². The van der Waals surface area contributed by atoms with Gasteiger partial charge in [0.1, 0.15) is 5.57 Å². The number of barbiturate groups is 1. The molecule has 2 aromatic carbocycles. The van der Waals surface area contributed by atoms with Gasteiger partial charge in [-0.05, 0) is 54.8 Å². The van der Waals surface area contributed by atoms with Gasteiger partial charge in [-0.1, -0.05) is 42.3 Å². The molecule has 6 nitrogen and oxygen atoms in total. The van der Waals surface area contributed by atoms with Crippen LogP contribution in [-0.2, 0) is 16.0 Å². The van der Waals surface area contributed by atoms with Crippen molar-refractivity contribution in [3.05, 3.63) is 63.1 Å². The highest BCUT2D eigenvalue weighted by Gasteiger charge is 2.36. The third-order valence-electron chi connectivity index (χ3n) is 4.32. The first-order valence-corrected chi connectivity index (χ1v) is 9.73. The second kappa shape index (κ2) is 8.68. The monoisotopic (exact) mass is 432 g/mol. The number of hydrogen-bond donors (Lipinski definition) is 1. The quantitative estimate of drug-likeness (QED) is 0.552. The number of anilines is 1. The maximum atomic E-state index is 12.9. The fraction of sp³-hybridized carbons (Fsp3) is 0.190. The van der Waals surface area contributed by atoms with Gasteiger partial charge in [-0.15, -0.1) is 0 Å². The van der Waals surface area contributed by atoms with Crippen molar-refractivity contribution in [1.29, 1.82) is 0 Å². The van der Waals surface area contributed by atoms with Gasteiger partial charge >= 0.3 is 6.03 Å². The van der Waals surface area contributed by atoms with Crippen LogP contribution in [0.15, 0.2) is 42.0 Å². The fourth-order valence-corrected chi connectivity index (χ4v) is 3.50. The van der Waals surface area contributed by atoms with Gasteiger partial charge in [0.25, 0.3) is 11.8 Å². The molecular weight excluding hydrogens is 415 g/mol. The minimum Gasteiger partial charge on any atom is -0.491 e. The first kappa shape index (κ1) is 20.9. The Morgan fingerprint density at radius 1 is 1.03 bits per heavy atom. The van der Waals surface area contributed by atoms with E-state index in [1.807, 2.05) is 19.1 Å². The second-order valence-corrected chi connectivity index (χ2v) is 7.04. The van der Waals surface area contributed by atoms with Crippen molar-refractivity contribution in [2.24, 2.45) is 0 Å². The maximum Gasteiger partial charge on any atom is 0.335 e. The summed E-state index contributed by atoms with van der Waals surface area (Å²) in [6.45, 7) is 4.18. The minimum atomic E-state index is -0.802. The van der Waals surface area contributed by atoms with Crippen LogP contribution in [0.3, 0.4) is 0 Å². The third-order valence-corrected chi connectivity index (χ3v) is 4.89. The largest absolute Gasteiger partial charge is 0.491 e. The van der Waals surface area contributed by atoms with Crippen LogP contribution in [0.5, 0.6) is 5.75 Å². The Balaban J connectivity index is 1.99. The van der Waals surface area contributed by atoms with Gasteiger partial charge in [0.05, 0.1) is 22.3 Å². The summed E-state index contributed by atoms with van der Waals surface area (Å²) in [5, 5.41) is 2.68. The summed E-state index contributed by atoms with van der Waals surface area (Å²) in [6, 6.07) is 9.22. The zero-order valence-electron chi connectivity index (χ0n) is 15.8. The number of imide groups is 2. The number of nitrogens with zero attached hydrogens (tertiary/aromatic N) is 1. The van der Waals surface area contributed by atoms with Gasteiger partial charge < -0.3 is 4.74 Å². The minimum absolute atomic E-state index is 0.208. The van der Waals surface area contributed by atoms with Crippen molar-refractivity contribution in [3.8, 4) is 5.75 Å². The van der Waals surface area contributed by atoms with E-state index in [2.05, 4.69) is 5.32 Å². The van der Waals surface area contributed by atoms with E-state index in [0.717, 1.165) is 16.9 Å². The number of carbonyl (C=O) groups excluding carboxylic acids is 3. The highest BCUT2D eigenvalue weighted by molar-refractivity contribution is 6.40. The normalized spacial score (nSPS) is 15.7. The van der Waals surface area contributed by atoms with Gasteiger partial charge in [0, 0.05) is 0 Å². The SMILES string of the molecule is CCOc1c(Cl)cc(/C=C2/C(=O)NC(=O)N(c3ccc(CC)cc3)C2=O)cc1Cl. The lowest BCUT2D eigenvalue weighted by atomic mass is 10.1. The van der Waals surface area contributed by atoms with E-state index in [9.17, 15) is 14.4 Å². The number of carbonyl (C=O) groups is 3. The molecule has 2 aromatic rings. The molecule has 0 spiro atoms. The average Bonchev–Trinajstić information content (AvgIpc) is 2.68. The van der Waals surface area contributed by atoms with Crippen molar-refractivity contribution >= 4 is 52.8 Å². The molecule has 0 bridgehead atoms. The Morgan fingerprint density at radius 2 is 1.66 bits per heavy atom. The van der Waals surface area contributed by atoms with Gasteiger partial charge in [-0.3, -0.25) is 14.9 Å². The molecule has 1 heterocycles. The molecule has 4 amide bonds. The summed E-state index contributed by atoms with van der Waals surface area (Å²) < 4.78 is 5.38. The Labute approximate surface area is 178 Å². The highest BCUT2D eigenvalue weighted by atomic mass is 35.5. The van der Waals surface area contributed by atoms with Crippen LogP contribution in [-0.4, -0.2) is 24.5 Å². The summed E-state index contributed by atoms with van der Waals surface area (Å²) >= 11 is 12.4. The maximum absolute atomic E-state index is 12.9.